The van der Waals surface area contributed by atoms with Crippen molar-refractivity contribution in [1.29, 1.82) is 0 Å². The summed E-state index contributed by atoms with van der Waals surface area (Å²) in [7, 11) is 1.62. The Hall–Kier alpha value is -1.08. The summed E-state index contributed by atoms with van der Waals surface area (Å²) in [5.74, 6) is -0.498. The molecule has 0 fully saturated rings. The fourth-order valence-electron chi connectivity index (χ4n) is 2.92. The molecule has 1 aliphatic rings. The molecule has 2 atom stereocenters. The van der Waals surface area contributed by atoms with Crippen molar-refractivity contribution in [2.75, 3.05) is 7.05 Å². The summed E-state index contributed by atoms with van der Waals surface area (Å²) in [6, 6.07) is 7.15. The first-order valence-corrected chi connectivity index (χ1v) is 9.50. The summed E-state index contributed by atoms with van der Waals surface area (Å²) < 4.78 is 0.897. The summed E-state index contributed by atoms with van der Waals surface area (Å²) in [5.41, 5.74) is 5.91. The molecule has 0 bridgehead atoms. The molecule has 3 rings (SSSR count). The van der Waals surface area contributed by atoms with Crippen LogP contribution in [0.5, 0.6) is 0 Å². The Morgan fingerprint density at radius 2 is 2.04 bits per heavy atom. The van der Waals surface area contributed by atoms with E-state index in [1.54, 1.807) is 25.2 Å². The average Bonchev–Trinajstić information content (AvgIpc) is 2.95. The molecule has 4 nitrogen and oxygen atoms in total. The lowest BCUT2D eigenvalue weighted by atomic mass is 9.78. The molecule has 24 heavy (non-hydrogen) atoms. The molecule has 1 aliphatic heterocycles. The molecule has 8 heteroatoms. The normalized spacial score (nSPS) is 24.2. The van der Waals surface area contributed by atoms with Crippen molar-refractivity contribution in [1.82, 2.24) is 4.90 Å². The Morgan fingerprint density at radius 1 is 1.33 bits per heavy atom. The van der Waals surface area contributed by atoms with Crippen molar-refractivity contribution in [3.8, 4) is 0 Å². The van der Waals surface area contributed by atoms with Crippen molar-refractivity contribution in [3.63, 3.8) is 0 Å². The number of hydrogen-bond acceptors (Lipinski definition) is 4. The van der Waals surface area contributed by atoms with Crippen LogP contribution in [0.2, 0.25) is 10.0 Å². The summed E-state index contributed by atoms with van der Waals surface area (Å²) >= 11 is 17.3. The van der Waals surface area contributed by atoms with Crippen LogP contribution in [-0.2, 0) is 10.3 Å². The van der Waals surface area contributed by atoms with Gasteiger partial charge in [-0.2, -0.15) is 0 Å². The molecule has 1 aromatic carbocycles. The van der Waals surface area contributed by atoms with Gasteiger partial charge in [0, 0.05) is 16.4 Å². The standard InChI is InChI=1S/C16H14BrCl2N3OS/c1-16(13-9(17)5-6-24-13)12(14(23)22(2)15(20)21-16)8-3-4-10(18)11(19)7-8/h3-7,12H,1-2H3,(H2,20,21)/t12?,16-/m0/s1. The highest BCUT2D eigenvalue weighted by molar-refractivity contribution is 9.10. The third kappa shape index (κ3) is 2.75. The monoisotopic (exact) mass is 445 g/mol. The van der Waals surface area contributed by atoms with Crippen molar-refractivity contribution >= 4 is 62.3 Å². The van der Waals surface area contributed by atoms with Crippen LogP contribution in [0.15, 0.2) is 39.1 Å². The third-order valence-corrected chi connectivity index (χ3v) is 6.99. The van der Waals surface area contributed by atoms with Gasteiger partial charge in [0.05, 0.1) is 16.0 Å². The molecular weight excluding hydrogens is 433 g/mol. The number of halogens is 3. The van der Waals surface area contributed by atoms with Crippen LogP contribution in [0, 0.1) is 0 Å². The van der Waals surface area contributed by atoms with E-state index in [0.717, 1.165) is 14.9 Å². The molecule has 126 valence electrons. The summed E-state index contributed by atoms with van der Waals surface area (Å²) in [6.07, 6.45) is 0. The number of nitrogens with two attached hydrogens (primary N) is 1. The number of nitrogens with zero attached hydrogens (tertiary/aromatic N) is 2. The van der Waals surface area contributed by atoms with Crippen LogP contribution >= 0.6 is 50.5 Å². The SMILES string of the molecule is CN1C(=O)C(c2ccc(Cl)c(Cl)c2)[C@@](C)(c2sccc2Br)N=C1N. The zero-order valence-corrected chi connectivity index (χ0v) is 16.8. The average molecular weight is 447 g/mol. The molecule has 2 N–H and O–H groups in total. The van der Waals surface area contributed by atoms with E-state index in [2.05, 4.69) is 20.9 Å². The Kier molecular flexibility index (Phi) is 4.68. The number of carbonyl (C=O) groups is 1. The second-order valence-corrected chi connectivity index (χ2v) is 8.30. The largest absolute Gasteiger partial charge is 0.369 e. The fraction of sp³-hybridized carbons (Fsp3) is 0.250. The van der Waals surface area contributed by atoms with Gasteiger partial charge in [-0.05, 0) is 52.0 Å². The van der Waals surface area contributed by atoms with Gasteiger partial charge in [0.1, 0.15) is 5.54 Å². The molecular formula is C16H14BrCl2N3OS. The maximum atomic E-state index is 13.0. The molecule has 2 aromatic rings. The fourth-order valence-corrected chi connectivity index (χ4v) is 5.14. The Balaban J connectivity index is 2.24. The molecule has 0 radical (unpaired) electrons. The smallest absolute Gasteiger partial charge is 0.239 e. The van der Waals surface area contributed by atoms with E-state index < -0.39 is 11.5 Å². The van der Waals surface area contributed by atoms with Crippen LogP contribution in [0.3, 0.4) is 0 Å². The predicted octanol–water partition coefficient (Wildman–Crippen LogP) is 4.60. The molecule has 0 spiro atoms. The van der Waals surface area contributed by atoms with Crippen molar-refractivity contribution in [2.24, 2.45) is 10.7 Å². The van der Waals surface area contributed by atoms with E-state index in [-0.39, 0.29) is 11.9 Å². The number of thiophene rings is 1. The Morgan fingerprint density at radius 3 is 2.62 bits per heavy atom. The van der Waals surface area contributed by atoms with Crippen molar-refractivity contribution < 1.29 is 4.79 Å². The number of benzene rings is 1. The first-order chi connectivity index (χ1) is 11.3. The quantitative estimate of drug-likeness (QED) is 0.732. The zero-order valence-electron chi connectivity index (χ0n) is 12.9. The lowest BCUT2D eigenvalue weighted by molar-refractivity contribution is -0.130. The van der Waals surface area contributed by atoms with Gasteiger partial charge in [-0.3, -0.25) is 9.69 Å². The summed E-state index contributed by atoms with van der Waals surface area (Å²) in [5, 5.41) is 2.80. The first-order valence-electron chi connectivity index (χ1n) is 7.07. The minimum absolute atomic E-state index is 0.135. The van der Waals surface area contributed by atoms with Crippen LogP contribution in [0.25, 0.3) is 0 Å². The van der Waals surface area contributed by atoms with E-state index in [0.29, 0.717) is 10.0 Å². The second-order valence-electron chi connectivity index (χ2n) is 5.72. The number of carbonyl (C=O) groups excluding carboxylic acids is 1. The van der Waals surface area contributed by atoms with E-state index in [1.807, 2.05) is 18.4 Å². The number of aliphatic imine (C=N–C) groups is 1. The number of rotatable bonds is 2. The van der Waals surface area contributed by atoms with Gasteiger partial charge in [-0.1, -0.05) is 29.3 Å². The van der Waals surface area contributed by atoms with Crippen molar-refractivity contribution in [3.05, 3.63) is 54.6 Å². The molecule has 0 saturated carbocycles. The minimum Gasteiger partial charge on any atom is -0.369 e. The summed E-state index contributed by atoms with van der Waals surface area (Å²) in [6.45, 7) is 1.91. The molecule has 1 aromatic heterocycles. The summed E-state index contributed by atoms with van der Waals surface area (Å²) in [4.78, 5) is 20.0. The van der Waals surface area contributed by atoms with Gasteiger partial charge in [-0.15, -0.1) is 11.3 Å². The molecule has 2 heterocycles. The third-order valence-electron chi connectivity index (χ3n) is 4.18. The molecule has 0 saturated heterocycles. The van der Waals surface area contributed by atoms with Gasteiger partial charge in [-0.25, -0.2) is 4.99 Å². The van der Waals surface area contributed by atoms with E-state index in [4.69, 9.17) is 28.9 Å². The first kappa shape index (κ1) is 17.7. The Bertz CT molecular complexity index is 854. The van der Waals surface area contributed by atoms with E-state index >= 15 is 0 Å². The number of amides is 1. The lowest BCUT2D eigenvalue weighted by Crippen LogP contribution is -2.52. The number of hydrogen-bond donors (Lipinski definition) is 1. The maximum Gasteiger partial charge on any atom is 0.239 e. The maximum absolute atomic E-state index is 13.0. The highest BCUT2D eigenvalue weighted by Crippen LogP contribution is 2.48. The lowest BCUT2D eigenvalue weighted by Gasteiger charge is -2.40. The molecule has 1 unspecified atom stereocenters. The van der Waals surface area contributed by atoms with E-state index in [9.17, 15) is 4.79 Å². The van der Waals surface area contributed by atoms with Crippen LogP contribution in [0.1, 0.15) is 23.3 Å². The van der Waals surface area contributed by atoms with Crippen molar-refractivity contribution in [2.45, 2.75) is 18.4 Å². The number of likely N-dealkylation sites (N-methyl/N-ethyl adjacent to an activating group) is 1. The molecule has 1 amide bonds. The topological polar surface area (TPSA) is 58.7 Å². The zero-order chi connectivity index (χ0) is 17.6. The van der Waals surface area contributed by atoms with Gasteiger partial charge in [0.2, 0.25) is 5.91 Å². The van der Waals surface area contributed by atoms with Crippen LogP contribution < -0.4 is 5.73 Å². The van der Waals surface area contributed by atoms with Crippen LogP contribution in [0.4, 0.5) is 0 Å². The van der Waals surface area contributed by atoms with Crippen LogP contribution in [-0.4, -0.2) is 23.8 Å². The predicted molar refractivity (Wildman–Crippen MR) is 103 cm³/mol. The van der Waals surface area contributed by atoms with Gasteiger partial charge in [0.15, 0.2) is 5.96 Å². The molecule has 0 aliphatic carbocycles. The van der Waals surface area contributed by atoms with Gasteiger partial charge >= 0.3 is 0 Å². The second kappa shape index (κ2) is 6.33. The Labute approximate surface area is 162 Å². The van der Waals surface area contributed by atoms with E-state index in [1.165, 1.54) is 16.2 Å². The highest BCUT2D eigenvalue weighted by atomic mass is 79.9. The highest BCUT2D eigenvalue weighted by Gasteiger charge is 2.48. The van der Waals surface area contributed by atoms with Gasteiger partial charge in [0.25, 0.3) is 0 Å². The minimum atomic E-state index is -0.835. The number of guanidine groups is 1. The van der Waals surface area contributed by atoms with Gasteiger partial charge < -0.3 is 5.73 Å².